The minimum absolute atomic E-state index is 0.338. The van der Waals surface area contributed by atoms with Crippen LogP contribution in [0.1, 0.15) is 29.9 Å². The second-order valence-corrected chi connectivity index (χ2v) is 10.3. The number of aliphatic carboxylic acids is 1. The first-order valence-corrected chi connectivity index (χ1v) is 9.82. The van der Waals surface area contributed by atoms with Crippen molar-refractivity contribution >= 4 is 14.3 Å². The Morgan fingerprint density at radius 1 is 1.39 bits per heavy atom. The lowest BCUT2D eigenvalue weighted by atomic mass is 9.83. The van der Waals surface area contributed by atoms with Crippen molar-refractivity contribution in [2.75, 3.05) is 0 Å². The van der Waals surface area contributed by atoms with E-state index in [0.717, 1.165) is 36.1 Å². The summed E-state index contributed by atoms with van der Waals surface area (Å²) < 4.78 is 5.95. The van der Waals surface area contributed by atoms with Gasteiger partial charge in [0.05, 0.1) is 5.92 Å². The maximum Gasteiger partial charge on any atom is 0.310 e. The van der Waals surface area contributed by atoms with Crippen molar-refractivity contribution in [1.82, 2.24) is 0 Å². The molecule has 1 aliphatic carbocycles. The molecule has 2 rings (SSSR count). The molecule has 0 aromatic heterocycles. The minimum Gasteiger partial charge on any atom is -0.544 e. The highest BCUT2D eigenvalue weighted by Gasteiger charge is 2.26. The average molecular weight is 264 g/mol. The number of carbonyl (C=O) groups is 1. The molecule has 18 heavy (non-hydrogen) atoms. The molecule has 0 bridgehead atoms. The SMILES string of the molecule is C[Si](C)(C)Oc1ccc2c(c1)CCCC2C(=O)O. The molecule has 0 heterocycles. The Bertz CT molecular complexity index is 463. The van der Waals surface area contributed by atoms with Crippen LogP contribution >= 0.6 is 0 Å². The van der Waals surface area contributed by atoms with Gasteiger partial charge in [0, 0.05) is 0 Å². The summed E-state index contributed by atoms with van der Waals surface area (Å²) in [5.41, 5.74) is 2.11. The number of rotatable bonds is 3. The van der Waals surface area contributed by atoms with Gasteiger partial charge >= 0.3 is 5.97 Å². The lowest BCUT2D eigenvalue weighted by Crippen LogP contribution is -2.29. The molecule has 1 aromatic rings. The highest BCUT2D eigenvalue weighted by Crippen LogP contribution is 2.34. The first-order chi connectivity index (χ1) is 8.37. The van der Waals surface area contributed by atoms with Gasteiger partial charge in [0.2, 0.25) is 8.32 Å². The Morgan fingerprint density at radius 2 is 2.11 bits per heavy atom. The molecule has 0 saturated heterocycles. The minimum atomic E-state index is -1.60. The van der Waals surface area contributed by atoms with Gasteiger partial charge < -0.3 is 9.53 Å². The predicted octanol–water partition coefficient (Wildman–Crippen LogP) is 3.40. The van der Waals surface area contributed by atoms with Crippen molar-refractivity contribution in [3.05, 3.63) is 29.3 Å². The average Bonchev–Trinajstić information content (AvgIpc) is 2.25. The lowest BCUT2D eigenvalue weighted by Gasteiger charge is -2.25. The number of carboxylic acids is 1. The van der Waals surface area contributed by atoms with Crippen molar-refractivity contribution in [3.63, 3.8) is 0 Å². The summed E-state index contributed by atoms with van der Waals surface area (Å²) in [7, 11) is -1.60. The summed E-state index contributed by atoms with van der Waals surface area (Å²) in [6.45, 7) is 6.44. The third kappa shape index (κ3) is 2.93. The molecule has 0 radical (unpaired) electrons. The summed E-state index contributed by atoms with van der Waals surface area (Å²) in [5.74, 6) is -0.163. The molecule has 4 heteroatoms. The van der Waals surface area contributed by atoms with Gasteiger partial charge in [-0.1, -0.05) is 6.07 Å². The molecule has 0 saturated carbocycles. The number of carboxylic acid groups (broad SMARTS) is 1. The molecule has 1 atom stereocenters. The fourth-order valence-electron chi connectivity index (χ4n) is 2.46. The van der Waals surface area contributed by atoms with Crippen LogP contribution in [-0.2, 0) is 11.2 Å². The van der Waals surface area contributed by atoms with Gasteiger partial charge in [-0.25, -0.2) is 0 Å². The van der Waals surface area contributed by atoms with E-state index in [1.807, 2.05) is 18.2 Å². The number of benzene rings is 1. The fourth-order valence-corrected chi connectivity index (χ4v) is 3.30. The van der Waals surface area contributed by atoms with Crippen molar-refractivity contribution in [2.24, 2.45) is 0 Å². The maximum absolute atomic E-state index is 11.2. The maximum atomic E-state index is 11.2. The Labute approximate surface area is 109 Å². The van der Waals surface area contributed by atoms with Crippen LogP contribution in [0.2, 0.25) is 19.6 Å². The van der Waals surface area contributed by atoms with Crippen molar-refractivity contribution in [1.29, 1.82) is 0 Å². The molecule has 0 spiro atoms. The van der Waals surface area contributed by atoms with Gasteiger partial charge in [0.15, 0.2) is 0 Å². The van der Waals surface area contributed by atoms with E-state index in [9.17, 15) is 9.90 Å². The number of hydrogen-bond acceptors (Lipinski definition) is 2. The zero-order valence-electron chi connectivity index (χ0n) is 11.2. The van der Waals surface area contributed by atoms with Crippen molar-refractivity contribution < 1.29 is 14.3 Å². The molecule has 1 unspecified atom stereocenters. The molecular weight excluding hydrogens is 244 g/mol. The van der Waals surface area contributed by atoms with Crippen LogP contribution in [0.5, 0.6) is 5.75 Å². The van der Waals surface area contributed by atoms with Crippen LogP contribution in [0.15, 0.2) is 18.2 Å². The molecule has 1 N–H and O–H groups in total. The van der Waals surface area contributed by atoms with Crippen LogP contribution in [0, 0.1) is 0 Å². The zero-order chi connectivity index (χ0) is 13.3. The largest absolute Gasteiger partial charge is 0.544 e. The summed E-state index contributed by atoms with van der Waals surface area (Å²) in [5, 5.41) is 9.22. The zero-order valence-corrected chi connectivity index (χ0v) is 12.2. The third-order valence-electron chi connectivity index (χ3n) is 3.15. The Hall–Kier alpha value is -1.29. The van der Waals surface area contributed by atoms with Gasteiger partial charge in [-0.05, 0) is 62.2 Å². The van der Waals surface area contributed by atoms with E-state index in [0.29, 0.717) is 0 Å². The Kier molecular flexibility index (Phi) is 3.48. The highest BCUT2D eigenvalue weighted by molar-refractivity contribution is 6.70. The first-order valence-electron chi connectivity index (χ1n) is 6.41. The normalized spacial score (nSPS) is 19.2. The summed E-state index contributed by atoms with van der Waals surface area (Å²) in [4.78, 5) is 11.2. The van der Waals surface area contributed by atoms with E-state index >= 15 is 0 Å². The van der Waals surface area contributed by atoms with Crippen LogP contribution < -0.4 is 4.43 Å². The van der Waals surface area contributed by atoms with E-state index in [1.165, 1.54) is 0 Å². The van der Waals surface area contributed by atoms with E-state index in [1.54, 1.807) is 0 Å². The summed E-state index contributed by atoms with van der Waals surface area (Å²) in [6, 6.07) is 5.88. The van der Waals surface area contributed by atoms with Crippen LogP contribution in [0.3, 0.4) is 0 Å². The third-order valence-corrected chi connectivity index (χ3v) is 4.00. The molecule has 0 aliphatic heterocycles. The first kappa shape index (κ1) is 13.1. The lowest BCUT2D eigenvalue weighted by molar-refractivity contribution is -0.139. The second kappa shape index (κ2) is 4.76. The molecule has 1 aromatic carbocycles. The standard InChI is InChI=1S/C14H20O3Si/c1-18(2,3)17-11-7-8-12-10(9-11)5-4-6-13(12)14(15)16/h7-9,13H,4-6H2,1-3H3,(H,15,16). The van der Waals surface area contributed by atoms with E-state index in [-0.39, 0.29) is 5.92 Å². The predicted molar refractivity (Wildman–Crippen MR) is 73.7 cm³/mol. The van der Waals surface area contributed by atoms with Crippen LogP contribution in [-0.4, -0.2) is 19.4 Å². The number of fused-ring (bicyclic) bond motifs is 1. The van der Waals surface area contributed by atoms with E-state index in [2.05, 4.69) is 19.6 Å². The summed E-state index contributed by atoms with van der Waals surface area (Å²) in [6.07, 6.45) is 2.65. The van der Waals surface area contributed by atoms with Crippen LogP contribution in [0.4, 0.5) is 0 Å². The van der Waals surface area contributed by atoms with Crippen LogP contribution in [0.25, 0.3) is 0 Å². The van der Waals surface area contributed by atoms with Gasteiger partial charge in [-0.15, -0.1) is 0 Å². The van der Waals surface area contributed by atoms with Gasteiger partial charge in [0.25, 0.3) is 0 Å². The quantitative estimate of drug-likeness (QED) is 0.851. The topological polar surface area (TPSA) is 46.5 Å². The molecule has 0 amide bonds. The molecular formula is C14H20O3Si. The monoisotopic (exact) mass is 264 g/mol. The van der Waals surface area contributed by atoms with Gasteiger partial charge in [0.1, 0.15) is 5.75 Å². The molecule has 3 nitrogen and oxygen atoms in total. The van der Waals surface area contributed by atoms with E-state index in [4.69, 9.17) is 4.43 Å². The Balaban J connectivity index is 2.30. The smallest absolute Gasteiger partial charge is 0.310 e. The van der Waals surface area contributed by atoms with Crippen molar-refractivity contribution in [3.8, 4) is 5.75 Å². The molecule has 98 valence electrons. The molecule has 0 fully saturated rings. The number of aryl methyl sites for hydroxylation is 1. The van der Waals surface area contributed by atoms with Crippen molar-refractivity contribution in [2.45, 2.75) is 44.8 Å². The van der Waals surface area contributed by atoms with E-state index < -0.39 is 14.3 Å². The molecule has 1 aliphatic rings. The summed E-state index contributed by atoms with van der Waals surface area (Å²) >= 11 is 0. The number of hydrogen-bond donors (Lipinski definition) is 1. The fraction of sp³-hybridized carbons (Fsp3) is 0.500. The highest BCUT2D eigenvalue weighted by atomic mass is 28.4. The Morgan fingerprint density at radius 3 is 2.72 bits per heavy atom. The van der Waals surface area contributed by atoms with Gasteiger partial charge in [-0.2, -0.15) is 0 Å². The second-order valence-electron chi connectivity index (χ2n) is 5.86. The van der Waals surface area contributed by atoms with Gasteiger partial charge in [-0.3, -0.25) is 4.79 Å².